The molecular weight excluding hydrogens is 292 g/mol. The number of nitrogens with zero attached hydrogens (tertiary/aromatic N) is 3. The van der Waals surface area contributed by atoms with E-state index in [1.807, 2.05) is 32.0 Å². The van der Waals surface area contributed by atoms with Crippen LogP contribution in [0, 0.1) is 13.8 Å². The molecule has 1 fully saturated rings. The number of hydrogen-bond acceptors (Lipinski definition) is 5. The fourth-order valence-corrected chi connectivity index (χ4v) is 2.67. The van der Waals surface area contributed by atoms with Crippen molar-refractivity contribution in [1.29, 1.82) is 0 Å². The predicted octanol–water partition coefficient (Wildman–Crippen LogP) is 3.36. The summed E-state index contributed by atoms with van der Waals surface area (Å²) in [5, 5.41) is 7.49. The molecule has 1 aliphatic rings. The minimum absolute atomic E-state index is 0.215. The second-order valence-corrected chi connectivity index (χ2v) is 5.94. The molecule has 0 saturated heterocycles. The van der Waals surface area contributed by atoms with E-state index in [1.165, 1.54) is 0 Å². The first-order valence-electron chi connectivity index (χ1n) is 7.63. The summed E-state index contributed by atoms with van der Waals surface area (Å²) < 4.78 is 5.28. The molecule has 3 aromatic rings. The van der Waals surface area contributed by atoms with Gasteiger partial charge in [0, 0.05) is 17.8 Å². The molecule has 0 atom stereocenters. The molecule has 0 radical (unpaired) electrons. The maximum atomic E-state index is 12.8. The van der Waals surface area contributed by atoms with Gasteiger partial charge in [-0.15, -0.1) is 0 Å². The van der Waals surface area contributed by atoms with Crippen LogP contribution in [0.1, 0.15) is 46.1 Å². The largest absolute Gasteiger partial charge is 0.336 e. The minimum atomic E-state index is -0.215. The number of aromatic nitrogens is 3. The molecule has 1 amide bonds. The molecular formula is C17H16N4O2. The van der Waals surface area contributed by atoms with Crippen LogP contribution >= 0.6 is 0 Å². The highest BCUT2D eigenvalue weighted by Crippen LogP contribution is 2.40. The van der Waals surface area contributed by atoms with E-state index in [1.54, 1.807) is 6.20 Å². The fourth-order valence-electron chi connectivity index (χ4n) is 2.67. The normalized spacial score (nSPS) is 14.2. The highest BCUT2D eigenvalue weighted by Gasteiger charge is 2.28. The summed E-state index contributed by atoms with van der Waals surface area (Å²) in [5.41, 5.74) is 3.44. The number of rotatable bonds is 3. The summed E-state index contributed by atoms with van der Waals surface area (Å²) in [4.78, 5) is 21.5. The molecule has 0 spiro atoms. The number of pyridine rings is 2. The number of hydrogen-bond donors (Lipinski definition) is 1. The Morgan fingerprint density at radius 2 is 2.17 bits per heavy atom. The third kappa shape index (κ3) is 2.46. The SMILES string of the molecule is Cc1cccnc1NC(=O)c1cc(C2CC2)nc2onc(C)c12. The molecule has 116 valence electrons. The Bertz CT molecular complexity index is 912. The lowest BCUT2D eigenvalue weighted by atomic mass is 10.1. The zero-order chi connectivity index (χ0) is 16.0. The monoisotopic (exact) mass is 308 g/mol. The Kier molecular flexibility index (Phi) is 3.11. The molecule has 4 rings (SSSR count). The number of fused-ring (bicyclic) bond motifs is 1. The standard InChI is InChI=1S/C17H16N4O2/c1-9-4-3-7-18-15(9)20-16(22)12-8-13(11-5-6-11)19-17-14(12)10(2)21-23-17/h3-4,7-8,11H,5-6H2,1-2H3,(H,18,20,22). The van der Waals surface area contributed by atoms with E-state index >= 15 is 0 Å². The van der Waals surface area contributed by atoms with Crippen LogP contribution in [0.15, 0.2) is 28.9 Å². The first-order chi connectivity index (χ1) is 11.1. The van der Waals surface area contributed by atoms with Crippen LogP contribution in [-0.4, -0.2) is 21.0 Å². The van der Waals surface area contributed by atoms with Crippen molar-refractivity contribution < 1.29 is 9.32 Å². The summed E-state index contributed by atoms with van der Waals surface area (Å²) in [5.74, 6) is 0.768. The van der Waals surface area contributed by atoms with E-state index in [2.05, 4.69) is 20.4 Å². The van der Waals surface area contributed by atoms with Crippen LogP contribution in [0.2, 0.25) is 0 Å². The third-order valence-corrected chi connectivity index (χ3v) is 4.12. The molecule has 0 aliphatic heterocycles. The maximum Gasteiger partial charge on any atom is 0.259 e. The number of anilines is 1. The summed E-state index contributed by atoms with van der Waals surface area (Å²) >= 11 is 0. The van der Waals surface area contributed by atoms with Crippen molar-refractivity contribution in [3.05, 3.63) is 46.9 Å². The fraction of sp³-hybridized carbons (Fsp3) is 0.294. The molecule has 3 aromatic heterocycles. The van der Waals surface area contributed by atoms with E-state index in [4.69, 9.17) is 4.52 Å². The Labute approximate surface area is 132 Å². The lowest BCUT2D eigenvalue weighted by Crippen LogP contribution is -2.15. The van der Waals surface area contributed by atoms with Gasteiger partial charge >= 0.3 is 0 Å². The Morgan fingerprint density at radius 1 is 1.35 bits per heavy atom. The Morgan fingerprint density at radius 3 is 2.91 bits per heavy atom. The van der Waals surface area contributed by atoms with Crippen LogP contribution in [-0.2, 0) is 0 Å². The first-order valence-corrected chi connectivity index (χ1v) is 7.63. The van der Waals surface area contributed by atoms with Crippen molar-refractivity contribution in [2.75, 3.05) is 5.32 Å². The lowest BCUT2D eigenvalue weighted by molar-refractivity contribution is 0.102. The van der Waals surface area contributed by atoms with Gasteiger partial charge in [-0.05, 0) is 44.4 Å². The molecule has 0 aromatic carbocycles. The Hall–Kier alpha value is -2.76. The van der Waals surface area contributed by atoms with E-state index in [0.29, 0.717) is 34.1 Å². The molecule has 0 bridgehead atoms. The summed E-state index contributed by atoms with van der Waals surface area (Å²) in [7, 11) is 0. The second-order valence-electron chi connectivity index (χ2n) is 5.94. The van der Waals surface area contributed by atoms with Gasteiger partial charge in [-0.3, -0.25) is 4.79 Å². The van der Waals surface area contributed by atoms with Crippen LogP contribution in [0.5, 0.6) is 0 Å². The topological polar surface area (TPSA) is 80.9 Å². The summed E-state index contributed by atoms with van der Waals surface area (Å²) in [6.07, 6.45) is 3.86. The van der Waals surface area contributed by atoms with Crippen LogP contribution < -0.4 is 5.32 Å². The second kappa shape index (κ2) is 5.15. The van der Waals surface area contributed by atoms with Gasteiger partial charge in [-0.25, -0.2) is 9.97 Å². The Balaban J connectivity index is 1.79. The van der Waals surface area contributed by atoms with Crippen molar-refractivity contribution in [3.63, 3.8) is 0 Å². The molecule has 1 N–H and O–H groups in total. The maximum absolute atomic E-state index is 12.8. The van der Waals surface area contributed by atoms with Crippen molar-refractivity contribution in [3.8, 4) is 0 Å². The van der Waals surface area contributed by atoms with E-state index in [0.717, 1.165) is 24.1 Å². The van der Waals surface area contributed by atoms with Crippen LogP contribution in [0.4, 0.5) is 5.82 Å². The molecule has 0 unspecified atom stereocenters. The number of aryl methyl sites for hydroxylation is 2. The van der Waals surface area contributed by atoms with Crippen molar-refractivity contribution >= 4 is 22.8 Å². The van der Waals surface area contributed by atoms with Gasteiger partial charge in [0.05, 0.1) is 16.6 Å². The van der Waals surface area contributed by atoms with Crippen molar-refractivity contribution in [2.24, 2.45) is 0 Å². The smallest absolute Gasteiger partial charge is 0.259 e. The first kappa shape index (κ1) is 13.9. The highest BCUT2D eigenvalue weighted by atomic mass is 16.5. The van der Waals surface area contributed by atoms with Crippen molar-refractivity contribution in [1.82, 2.24) is 15.1 Å². The van der Waals surface area contributed by atoms with E-state index in [9.17, 15) is 4.79 Å². The van der Waals surface area contributed by atoms with Crippen LogP contribution in [0.3, 0.4) is 0 Å². The van der Waals surface area contributed by atoms with Gasteiger partial charge in [0.15, 0.2) is 0 Å². The number of nitrogens with one attached hydrogen (secondary N) is 1. The molecule has 23 heavy (non-hydrogen) atoms. The molecule has 1 aliphatic carbocycles. The predicted molar refractivity (Wildman–Crippen MR) is 85.4 cm³/mol. The third-order valence-electron chi connectivity index (χ3n) is 4.12. The van der Waals surface area contributed by atoms with Gasteiger partial charge in [-0.1, -0.05) is 11.2 Å². The molecule has 6 heteroatoms. The van der Waals surface area contributed by atoms with Gasteiger partial charge < -0.3 is 9.84 Å². The minimum Gasteiger partial charge on any atom is -0.336 e. The average molecular weight is 308 g/mol. The summed E-state index contributed by atoms with van der Waals surface area (Å²) in [6, 6.07) is 5.60. The van der Waals surface area contributed by atoms with Gasteiger partial charge in [-0.2, -0.15) is 0 Å². The molecule has 6 nitrogen and oxygen atoms in total. The number of amides is 1. The average Bonchev–Trinajstić information content (AvgIpc) is 3.33. The zero-order valence-corrected chi connectivity index (χ0v) is 13.0. The van der Waals surface area contributed by atoms with Gasteiger partial charge in [0.1, 0.15) is 5.82 Å². The number of carbonyl (C=O) groups is 1. The summed E-state index contributed by atoms with van der Waals surface area (Å²) in [6.45, 7) is 3.72. The highest BCUT2D eigenvalue weighted by molar-refractivity contribution is 6.12. The molecule has 1 saturated carbocycles. The quantitative estimate of drug-likeness (QED) is 0.802. The van der Waals surface area contributed by atoms with Crippen molar-refractivity contribution in [2.45, 2.75) is 32.6 Å². The van der Waals surface area contributed by atoms with Gasteiger partial charge in [0.25, 0.3) is 11.6 Å². The lowest BCUT2D eigenvalue weighted by Gasteiger charge is -2.09. The van der Waals surface area contributed by atoms with E-state index < -0.39 is 0 Å². The van der Waals surface area contributed by atoms with E-state index in [-0.39, 0.29) is 5.91 Å². The number of carbonyl (C=O) groups excluding carboxylic acids is 1. The zero-order valence-electron chi connectivity index (χ0n) is 13.0. The van der Waals surface area contributed by atoms with Crippen LogP contribution in [0.25, 0.3) is 11.1 Å². The van der Waals surface area contributed by atoms with Gasteiger partial charge in [0.2, 0.25) is 0 Å². The molecule has 3 heterocycles.